The minimum absolute atomic E-state index is 0.0494. The maximum atomic E-state index is 13.4. The van der Waals surface area contributed by atoms with Crippen LogP contribution in [0.2, 0.25) is 0 Å². The van der Waals surface area contributed by atoms with E-state index < -0.39 is 11.9 Å². The van der Waals surface area contributed by atoms with Crippen molar-refractivity contribution in [1.29, 1.82) is 0 Å². The van der Waals surface area contributed by atoms with Crippen molar-refractivity contribution in [2.45, 2.75) is 6.18 Å². The van der Waals surface area contributed by atoms with E-state index in [4.69, 9.17) is 4.74 Å². The third kappa shape index (κ3) is 3.85. The molecule has 0 radical (unpaired) electrons. The van der Waals surface area contributed by atoms with Crippen LogP contribution in [0.4, 0.5) is 13.2 Å². The summed E-state index contributed by atoms with van der Waals surface area (Å²) in [5, 5.41) is 0. The number of nitrogens with zero attached hydrogens (tertiary/aromatic N) is 1. The number of hydrogen-bond acceptors (Lipinski definition) is 2. The quantitative estimate of drug-likeness (QED) is 0.515. The predicted octanol–water partition coefficient (Wildman–Crippen LogP) is 6.21. The average Bonchev–Trinajstić information content (AvgIpc) is 2.61. The molecule has 0 bridgehead atoms. The number of methoxy groups -OCH3 is 1. The van der Waals surface area contributed by atoms with Gasteiger partial charge in [-0.05, 0) is 41.5 Å². The Kier molecular flexibility index (Phi) is 4.81. The predicted molar refractivity (Wildman–Crippen MR) is 94.4 cm³/mol. The lowest BCUT2D eigenvalue weighted by Gasteiger charge is -2.14. The monoisotopic (exact) mass is 407 g/mol. The Morgan fingerprint density at radius 2 is 1.48 bits per heavy atom. The highest BCUT2D eigenvalue weighted by Crippen LogP contribution is 2.38. The number of rotatable bonds is 3. The SMILES string of the molecule is COc1ccc(-c2cnc(C(F)(F)F)c(-c3ccc(Br)cc3)c2)cc1. The van der Waals surface area contributed by atoms with Crippen LogP contribution in [0.1, 0.15) is 5.69 Å². The summed E-state index contributed by atoms with van der Waals surface area (Å²) in [6.07, 6.45) is -3.28. The molecule has 0 spiro atoms. The molecule has 2 aromatic carbocycles. The zero-order valence-corrected chi connectivity index (χ0v) is 14.7. The second kappa shape index (κ2) is 6.88. The number of pyridine rings is 1. The first-order valence-corrected chi connectivity index (χ1v) is 8.15. The van der Waals surface area contributed by atoms with Gasteiger partial charge in [0, 0.05) is 21.8 Å². The highest BCUT2D eigenvalue weighted by molar-refractivity contribution is 9.10. The molecule has 0 aliphatic rings. The summed E-state index contributed by atoms with van der Waals surface area (Å²) in [4.78, 5) is 3.70. The molecule has 0 aliphatic heterocycles. The average molecular weight is 408 g/mol. The zero-order chi connectivity index (χ0) is 18.0. The fourth-order valence-corrected chi connectivity index (χ4v) is 2.75. The maximum absolute atomic E-state index is 13.4. The van der Waals surface area contributed by atoms with Crippen LogP contribution in [0.25, 0.3) is 22.3 Å². The molecule has 0 atom stereocenters. The summed E-state index contributed by atoms with van der Waals surface area (Å²) in [6, 6.07) is 15.3. The van der Waals surface area contributed by atoms with E-state index in [0.717, 1.165) is 10.0 Å². The largest absolute Gasteiger partial charge is 0.497 e. The van der Waals surface area contributed by atoms with Gasteiger partial charge < -0.3 is 4.74 Å². The fourth-order valence-electron chi connectivity index (χ4n) is 2.48. The maximum Gasteiger partial charge on any atom is 0.433 e. The standard InChI is InChI=1S/C19H13BrF3NO/c1-25-16-8-4-12(5-9-16)14-10-17(13-2-6-15(20)7-3-13)18(24-11-14)19(21,22)23/h2-11H,1H3. The Hall–Kier alpha value is -2.34. The minimum Gasteiger partial charge on any atom is -0.497 e. The number of aromatic nitrogens is 1. The van der Waals surface area contributed by atoms with E-state index in [0.29, 0.717) is 16.9 Å². The summed E-state index contributed by atoms with van der Waals surface area (Å²) >= 11 is 3.29. The van der Waals surface area contributed by atoms with Crippen LogP contribution in [0.3, 0.4) is 0 Å². The van der Waals surface area contributed by atoms with E-state index in [1.165, 1.54) is 12.3 Å². The normalized spacial score (nSPS) is 11.4. The van der Waals surface area contributed by atoms with Gasteiger partial charge in [0.1, 0.15) is 5.75 Å². The molecule has 1 heterocycles. The smallest absolute Gasteiger partial charge is 0.433 e. The van der Waals surface area contributed by atoms with Crippen LogP contribution in [-0.2, 0) is 6.18 Å². The summed E-state index contributed by atoms with van der Waals surface area (Å²) < 4.78 is 46.0. The minimum atomic E-state index is -4.53. The van der Waals surface area contributed by atoms with Crippen LogP contribution in [0.5, 0.6) is 5.75 Å². The topological polar surface area (TPSA) is 22.1 Å². The van der Waals surface area contributed by atoms with Crippen LogP contribution in [0.15, 0.2) is 65.3 Å². The van der Waals surface area contributed by atoms with Crippen molar-refractivity contribution in [3.63, 3.8) is 0 Å². The molecule has 0 saturated heterocycles. The van der Waals surface area contributed by atoms with Gasteiger partial charge in [-0.3, -0.25) is 4.98 Å². The molecule has 25 heavy (non-hydrogen) atoms. The molecular formula is C19H13BrF3NO. The van der Waals surface area contributed by atoms with Crippen molar-refractivity contribution in [2.24, 2.45) is 0 Å². The first-order valence-electron chi connectivity index (χ1n) is 7.36. The van der Waals surface area contributed by atoms with Crippen LogP contribution in [0, 0.1) is 0 Å². The second-order valence-corrected chi connectivity index (χ2v) is 6.27. The number of hydrogen-bond donors (Lipinski definition) is 0. The molecule has 3 aromatic rings. The van der Waals surface area contributed by atoms with Crippen molar-refractivity contribution >= 4 is 15.9 Å². The van der Waals surface area contributed by atoms with Crippen molar-refractivity contribution in [3.05, 3.63) is 71.0 Å². The molecule has 2 nitrogen and oxygen atoms in total. The number of benzene rings is 2. The first kappa shape index (κ1) is 17.5. The molecular weight excluding hydrogens is 395 g/mol. The molecule has 0 unspecified atom stereocenters. The van der Waals surface area contributed by atoms with Gasteiger partial charge in [-0.25, -0.2) is 0 Å². The molecule has 128 valence electrons. The van der Waals surface area contributed by atoms with Crippen LogP contribution < -0.4 is 4.74 Å². The summed E-state index contributed by atoms with van der Waals surface area (Å²) in [5.74, 6) is 0.678. The van der Waals surface area contributed by atoms with Crippen LogP contribution in [-0.4, -0.2) is 12.1 Å². The molecule has 0 N–H and O–H groups in total. The van der Waals surface area contributed by atoms with Gasteiger partial charge in [-0.15, -0.1) is 0 Å². The Balaban J connectivity index is 2.13. The molecule has 1 aromatic heterocycles. The summed E-state index contributed by atoms with van der Waals surface area (Å²) in [6.45, 7) is 0. The van der Waals surface area contributed by atoms with Crippen molar-refractivity contribution in [1.82, 2.24) is 4.98 Å². The third-order valence-corrected chi connectivity index (χ3v) is 4.26. The number of halogens is 4. The van der Waals surface area contributed by atoms with Crippen LogP contribution >= 0.6 is 15.9 Å². The molecule has 0 saturated carbocycles. The lowest BCUT2D eigenvalue weighted by molar-refractivity contribution is -0.140. The zero-order valence-electron chi connectivity index (χ0n) is 13.1. The van der Waals surface area contributed by atoms with Gasteiger partial charge in [-0.2, -0.15) is 13.2 Å². The van der Waals surface area contributed by atoms with Gasteiger partial charge in [-0.1, -0.05) is 40.2 Å². The molecule has 0 fully saturated rings. The highest BCUT2D eigenvalue weighted by Gasteiger charge is 2.35. The van der Waals surface area contributed by atoms with Gasteiger partial charge in [0.05, 0.1) is 7.11 Å². The molecule has 0 amide bonds. The Bertz CT molecular complexity index is 875. The number of ether oxygens (including phenoxy) is 1. The van der Waals surface area contributed by atoms with Crippen molar-refractivity contribution in [3.8, 4) is 28.0 Å². The first-order chi connectivity index (χ1) is 11.9. The molecule has 0 aliphatic carbocycles. The van der Waals surface area contributed by atoms with E-state index in [1.54, 1.807) is 55.6 Å². The van der Waals surface area contributed by atoms with E-state index in [-0.39, 0.29) is 5.56 Å². The molecule has 6 heteroatoms. The van der Waals surface area contributed by atoms with E-state index >= 15 is 0 Å². The van der Waals surface area contributed by atoms with Gasteiger partial charge in [0.25, 0.3) is 0 Å². The Morgan fingerprint density at radius 1 is 0.880 bits per heavy atom. The van der Waals surface area contributed by atoms with Gasteiger partial charge in [0.2, 0.25) is 0 Å². The Labute approximate surface area is 151 Å². The van der Waals surface area contributed by atoms with E-state index in [9.17, 15) is 13.2 Å². The Morgan fingerprint density at radius 3 is 2.04 bits per heavy atom. The lowest BCUT2D eigenvalue weighted by Crippen LogP contribution is -2.10. The summed E-state index contributed by atoms with van der Waals surface area (Å²) in [5.41, 5.74) is 0.979. The number of alkyl halides is 3. The third-order valence-electron chi connectivity index (χ3n) is 3.73. The van der Waals surface area contributed by atoms with E-state index in [1.807, 2.05) is 0 Å². The van der Waals surface area contributed by atoms with Crippen molar-refractivity contribution in [2.75, 3.05) is 7.11 Å². The second-order valence-electron chi connectivity index (χ2n) is 5.35. The molecule has 3 rings (SSSR count). The van der Waals surface area contributed by atoms with Gasteiger partial charge >= 0.3 is 6.18 Å². The van der Waals surface area contributed by atoms with E-state index in [2.05, 4.69) is 20.9 Å². The fraction of sp³-hybridized carbons (Fsp3) is 0.105. The summed E-state index contributed by atoms with van der Waals surface area (Å²) in [7, 11) is 1.56. The highest BCUT2D eigenvalue weighted by atomic mass is 79.9. The van der Waals surface area contributed by atoms with Gasteiger partial charge in [0.15, 0.2) is 5.69 Å². The van der Waals surface area contributed by atoms with Crippen molar-refractivity contribution < 1.29 is 17.9 Å². The lowest BCUT2D eigenvalue weighted by atomic mass is 9.99.